The lowest BCUT2D eigenvalue weighted by molar-refractivity contribution is -0.116. The summed E-state index contributed by atoms with van der Waals surface area (Å²) in [7, 11) is 6.62. The number of ether oxygens (including phenoxy) is 1. The molecule has 0 fully saturated rings. The van der Waals surface area contributed by atoms with Crippen LogP contribution in [-0.4, -0.2) is 88.3 Å². The molecule has 0 saturated heterocycles. The van der Waals surface area contributed by atoms with Crippen LogP contribution >= 0.6 is 0 Å². The Morgan fingerprint density at radius 3 is 2.59 bits per heavy atom. The van der Waals surface area contributed by atoms with Crippen molar-refractivity contribution >= 4 is 17.6 Å². The van der Waals surface area contributed by atoms with Gasteiger partial charge in [-0.2, -0.15) is 0 Å². The largest absolute Gasteiger partial charge is 0.394 e. The molecule has 1 atom stereocenters. The van der Waals surface area contributed by atoms with Gasteiger partial charge in [-0.1, -0.05) is 6.58 Å². The highest BCUT2D eigenvalue weighted by Crippen LogP contribution is 2.24. The monoisotopic (exact) mass is 448 g/mol. The molecule has 1 aliphatic rings. The Morgan fingerprint density at radius 1 is 1.34 bits per heavy atom. The number of carbonyl (C=O) groups excluding carboxylic acids is 2. The number of nitrogens with one attached hydrogen (secondary N) is 4. The van der Waals surface area contributed by atoms with Crippen molar-refractivity contribution in [3.05, 3.63) is 47.0 Å². The number of aliphatic imine (C=N–C) groups is 1. The normalized spacial score (nSPS) is 16.0. The molecule has 0 aromatic rings. The zero-order valence-corrected chi connectivity index (χ0v) is 19.8. The highest BCUT2D eigenvalue weighted by molar-refractivity contribution is 6.15. The van der Waals surface area contributed by atoms with Crippen molar-refractivity contribution in [2.24, 2.45) is 4.99 Å². The van der Waals surface area contributed by atoms with Crippen molar-refractivity contribution < 1.29 is 19.4 Å². The highest BCUT2D eigenvalue weighted by Gasteiger charge is 2.22. The van der Waals surface area contributed by atoms with E-state index in [-0.39, 0.29) is 12.5 Å². The van der Waals surface area contributed by atoms with E-state index in [1.807, 2.05) is 13.1 Å². The van der Waals surface area contributed by atoms with Crippen molar-refractivity contribution in [3.63, 3.8) is 0 Å². The maximum absolute atomic E-state index is 12.4. The zero-order chi connectivity index (χ0) is 24.3. The number of amides is 3. The smallest absolute Gasteiger partial charge is 0.319 e. The predicted octanol–water partition coefficient (Wildman–Crippen LogP) is 0.263. The van der Waals surface area contributed by atoms with Crippen molar-refractivity contribution in [2.45, 2.75) is 19.9 Å². The third-order valence-electron chi connectivity index (χ3n) is 4.99. The standard InChI is InChI=1S/C22H36N6O4/c1-14(15(2)26-22(31)27-18(13-29)11-25-8-9-32-7)20(23-4)17-10-19(21(30)24-5)16(3)28(6)12-17/h10,12,18,25,29H,3,8-9,11,13H2,1-2,4-7H3,(H,24,30)(H2,26,27,31)/b15-14+,23-20+/t18-/m1/s1. The summed E-state index contributed by atoms with van der Waals surface area (Å²) in [5.41, 5.74) is 3.69. The van der Waals surface area contributed by atoms with Gasteiger partial charge in [0.1, 0.15) is 0 Å². The third kappa shape index (κ3) is 7.63. The number of rotatable bonds is 11. The van der Waals surface area contributed by atoms with Gasteiger partial charge in [-0.25, -0.2) is 4.79 Å². The second kappa shape index (κ2) is 13.5. The van der Waals surface area contributed by atoms with Crippen LogP contribution in [0.2, 0.25) is 0 Å². The van der Waals surface area contributed by atoms with E-state index in [1.165, 1.54) is 0 Å². The number of likely N-dealkylation sites (N-methyl/N-ethyl adjacent to an activating group) is 2. The topological polar surface area (TPSA) is 127 Å². The third-order valence-corrected chi connectivity index (χ3v) is 4.99. The second-order valence-corrected chi connectivity index (χ2v) is 7.28. The first-order valence-corrected chi connectivity index (χ1v) is 10.3. The van der Waals surface area contributed by atoms with Gasteiger partial charge in [-0.05, 0) is 25.5 Å². The fourth-order valence-corrected chi connectivity index (χ4v) is 3.00. The summed E-state index contributed by atoms with van der Waals surface area (Å²) >= 11 is 0. The van der Waals surface area contributed by atoms with Gasteiger partial charge >= 0.3 is 6.03 Å². The molecule has 0 unspecified atom stereocenters. The molecule has 5 N–H and O–H groups in total. The lowest BCUT2D eigenvalue weighted by Gasteiger charge is -2.26. The lowest BCUT2D eigenvalue weighted by Crippen LogP contribution is -2.48. The summed E-state index contributed by atoms with van der Waals surface area (Å²) in [5, 5.41) is 20.7. The maximum Gasteiger partial charge on any atom is 0.319 e. The Morgan fingerprint density at radius 2 is 2.03 bits per heavy atom. The molecular formula is C22H36N6O4. The van der Waals surface area contributed by atoms with Crippen molar-refractivity contribution in [3.8, 4) is 0 Å². The van der Waals surface area contributed by atoms with Crippen LogP contribution in [0.5, 0.6) is 0 Å². The minimum Gasteiger partial charge on any atom is -0.394 e. The SMILES string of the molecule is C=C1C(C(=O)NC)=CC(C(=N/C)/C(C)=C(\C)NC(=O)N[C@@H](CO)CNCCOC)=CN1C. The molecule has 0 bridgehead atoms. The minimum absolute atomic E-state index is 0.201. The van der Waals surface area contributed by atoms with Gasteiger partial charge in [-0.15, -0.1) is 0 Å². The van der Waals surface area contributed by atoms with Crippen LogP contribution in [0.15, 0.2) is 52.0 Å². The fourth-order valence-electron chi connectivity index (χ4n) is 3.00. The Labute approximate surface area is 190 Å². The zero-order valence-electron chi connectivity index (χ0n) is 19.8. The van der Waals surface area contributed by atoms with E-state index in [2.05, 4.69) is 32.8 Å². The molecule has 0 spiro atoms. The molecule has 0 aromatic carbocycles. The van der Waals surface area contributed by atoms with Gasteiger partial charge in [0.05, 0.1) is 30.5 Å². The molecule has 1 rings (SSSR count). The van der Waals surface area contributed by atoms with Crippen LogP contribution in [0.3, 0.4) is 0 Å². The number of hydrogen-bond donors (Lipinski definition) is 5. The molecule has 0 aromatic heterocycles. The van der Waals surface area contributed by atoms with E-state index in [9.17, 15) is 14.7 Å². The summed E-state index contributed by atoms with van der Waals surface area (Å²) in [5.74, 6) is -0.243. The Kier molecular flexibility index (Phi) is 11.4. The number of urea groups is 1. The number of nitrogens with zero attached hydrogens (tertiary/aromatic N) is 2. The Hall–Kier alpha value is -2.95. The summed E-state index contributed by atoms with van der Waals surface area (Å²) in [6, 6.07) is -0.882. The second-order valence-electron chi connectivity index (χ2n) is 7.28. The van der Waals surface area contributed by atoms with E-state index < -0.39 is 12.1 Å². The number of aliphatic hydroxyl groups excluding tert-OH is 1. The van der Waals surface area contributed by atoms with Gasteiger partial charge in [0.25, 0.3) is 5.91 Å². The number of hydrogen-bond acceptors (Lipinski definition) is 7. The molecular weight excluding hydrogens is 412 g/mol. The van der Waals surface area contributed by atoms with Gasteiger partial charge in [-0.3, -0.25) is 9.79 Å². The number of allylic oxidation sites excluding steroid dienone is 4. The van der Waals surface area contributed by atoms with Gasteiger partial charge in [0, 0.05) is 64.5 Å². The van der Waals surface area contributed by atoms with Crippen molar-refractivity contribution in [1.82, 2.24) is 26.2 Å². The molecule has 0 aliphatic carbocycles. The van der Waals surface area contributed by atoms with Gasteiger partial charge < -0.3 is 36.0 Å². The summed E-state index contributed by atoms with van der Waals surface area (Å²) in [6.45, 7) is 8.92. The Balaban J connectivity index is 2.95. The van der Waals surface area contributed by atoms with Crippen molar-refractivity contribution in [2.75, 3.05) is 54.6 Å². The summed E-state index contributed by atoms with van der Waals surface area (Å²) in [6.07, 6.45) is 3.56. The van der Waals surface area contributed by atoms with Crippen LogP contribution in [0.25, 0.3) is 0 Å². The number of carbonyl (C=O) groups is 2. The highest BCUT2D eigenvalue weighted by atomic mass is 16.5. The summed E-state index contributed by atoms with van der Waals surface area (Å²) < 4.78 is 4.96. The van der Waals surface area contributed by atoms with Crippen LogP contribution < -0.4 is 21.3 Å². The van der Waals surface area contributed by atoms with Crippen LogP contribution in [0.4, 0.5) is 4.79 Å². The average Bonchev–Trinajstić information content (AvgIpc) is 2.77. The first kappa shape index (κ1) is 27.1. The molecule has 32 heavy (non-hydrogen) atoms. The quantitative estimate of drug-likeness (QED) is 0.228. The fraction of sp³-hybridized carbons (Fsp3) is 0.500. The van der Waals surface area contributed by atoms with E-state index in [0.717, 1.165) is 11.1 Å². The minimum atomic E-state index is -0.446. The van der Waals surface area contributed by atoms with Crippen LogP contribution in [0.1, 0.15) is 13.8 Å². The predicted molar refractivity (Wildman–Crippen MR) is 126 cm³/mol. The van der Waals surface area contributed by atoms with E-state index in [4.69, 9.17) is 4.74 Å². The number of aliphatic hydroxyl groups is 1. The van der Waals surface area contributed by atoms with E-state index in [0.29, 0.717) is 42.4 Å². The molecule has 178 valence electrons. The van der Waals surface area contributed by atoms with Gasteiger partial charge in [0.2, 0.25) is 0 Å². The van der Waals surface area contributed by atoms with E-state index in [1.54, 1.807) is 46.2 Å². The Bertz CT molecular complexity index is 828. The summed E-state index contributed by atoms with van der Waals surface area (Å²) in [4.78, 5) is 30.8. The van der Waals surface area contributed by atoms with Crippen LogP contribution in [-0.2, 0) is 9.53 Å². The molecule has 10 nitrogen and oxygen atoms in total. The molecule has 1 aliphatic heterocycles. The maximum atomic E-state index is 12.4. The van der Waals surface area contributed by atoms with Gasteiger partial charge in [0.15, 0.2) is 0 Å². The van der Waals surface area contributed by atoms with Crippen molar-refractivity contribution in [1.29, 1.82) is 0 Å². The van der Waals surface area contributed by atoms with E-state index >= 15 is 0 Å². The molecule has 10 heteroatoms. The first-order valence-electron chi connectivity index (χ1n) is 10.3. The first-order chi connectivity index (χ1) is 15.2. The number of methoxy groups -OCH3 is 1. The van der Waals surface area contributed by atoms with Crippen LogP contribution in [0, 0.1) is 0 Å². The average molecular weight is 449 g/mol. The molecule has 0 radical (unpaired) electrons. The lowest BCUT2D eigenvalue weighted by atomic mass is 9.96. The molecule has 0 saturated carbocycles. The molecule has 3 amide bonds. The molecule has 1 heterocycles.